The number of rotatable bonds is 7. The number of thiophene rings is 1. The maximum Gasteiger partial charge on any atom is 0.332 e. The van der Waals surface area contributed by atoms with E-state index in [1.165, 1.54) is 30.1 Å². The van der Waals surface area contributed by atoms with Gasteiger partial charge in [0.1, 0.15) is 16.2 Å². The Bertz CT molecular complexity index is 1340. The summed E-state index contributed by atoms with van der Waals surface area (Å²) < 4.78 is 8.04. The molecule has 4 aromatic rings. The van der Waals surface area contributed by atoms with E-state index in [0.717, 1.165) is 15.9 Å². The Morgan fingerprint density at radius 1 is 1.23 bits per heavy atom. The molecule has 0 fully saturated rings. The lowest BCUT2D eigenvalue weighted by molar-refractivity contribution is 0.392. The molecule has 0 unspecified atom stereocenters. The van der Waals surface area contributed by atoms with Crippen LogP contribution in [0.4, 0.5) is 0 Å². The fourth-order valence-electron chi connectivity index (χ4n) is 3.09. The van der Waals surface area contributed by atoms with Gasteiger partial charge < -0.3 is 4.52 Å². The molecule has 0 amide bonds. The van der Waals surface area contributed by atoms with Gasteiger partial charge in [0, 0.05) is 19.5 Å². The topological polar surface area (TPSA) is 109 Å². The molecule has 0 N–H and O–H groups in total. The van der Waals surface area contributed by atoms with Crippen LogP contribution < -0.4 is 11.2 Å². The molecule has 162 valence electrons. The molecule has 0 radical (unpaired) electrons. The average molecular weight is 459 g/mol. The fraction of sp³-hybridized carbons (Fsp3) is 0.400. The first-order valence-corrected chi connectivity index (χ1v) is 11.8. The Hall–Kier alpha value is -2.79. The zero-order valence-electron chi connectivity index (χ0n) is 17.7. The fourth-order valence-corrected chi connectivity index (χ4v) is 4.60. The first-order valence-electron chi connectivity index (χ1n) is 9.91. The zero-order valence-corrected chi connectivity index (χ0v) is 19.3. The van der Waals surface area contributed by atoms with Crippen molar-refractivity contribution >= 4 is 34.1 Å². The minimum atomic E-state index is -0.407. The maximum absolute atomic E-state index is 13.0. The molecule has 0 aliphatic carbocycles. The normalized spacial score (nSPS) is 11.6. The Labute approximate surface area is 186 Å². The van der Waals surface area contributed by atoms with Gasteiger partial charge in [-0.2, -0.15) is 4.98 Å². The molecule has 0 saturated heterocycles. The molecular weight excluding hydrogens is 436 g/mol. The summed E-state index contributed by atoms with van der Waals surface area (Å²) in [6, 6.07) is 3.85. The molecule has 9 nitrogen and oxygen atoms in total. The van der Waals surface area contributed by atoms with Gasteiger partial charge in [0.15, 0.2) is 5.65 Å². The summed E-state index contributed by atoms with van der Waals surface area (Å²) >= 11 is 2.86. The van der Waals surface area contributed by atoms with Crippen LogP contribution in [-0.2, 0) is 19.3 Å². The van der Waals surface area contributed by atoms with Crippen molar-refractivity contribution in [3.8, 4) is 10.7 Å². The van der Waals surface area contributed by atoms with Crippen molar-refractivity contribution in [2.24, 2.45) is 7.05 Å². The molecule has 0 aliphatic rings. The van der Waals surface area contributed by atoms with Gasteiger partial charge in [-0.25, -0.2) is 14.8 Å². The van der Waals surface area contributed by atoms with Crippen molar-refractivity contribution in [1.29, 1.82) is 0 Å². The van der Waals surface area contributed by atoms with E-state index in [-0.39, 0.29) is 11.6 Å². The minimum absolute atomic E-state index is 0.0341. The molecule has 0 bridgehead atoms. The van der Waals surface area contributed by atoms with Gasteiger partial charge in [0.2, 0.25) is 11.7 Å². The summed E-state index contributed by atoms with van der Waals surface area (Å²) in [6.07, 6.45) is 0.740. The van der Waals surface area contributed by atoms with Gasteiger partial charge in [-0.3, -0.25) is 13.9 Å². The highest BCUT2D eigenvalue weighted by molar-refractivity contribution is 7.98. The molecule has 0 aliphatic heterocycles. The van der Waals surface area contributed by atoms with Crippen molar-refractivity contribution < 1.29 is 4.52 Å². The molecule has 0 spiro atoms. The van der Waals surface area contributed by atoms with Crippen molar-refractivity contribution in [1.82, 2.24) is 29.2 Å². The predicted molar refractivity (Wildman–Crippen MR) is 121 cm³/mol. The van der Waals surface area contributed by atoms with Crippen LogP contribution in [-0.4, -0.2) is 29.2 Å². The Morgan fingerprint density at radius 3 is 2.71 bits per heavy atom. The van der Waals surface area contributed by atoms with E-state index in [1.807, 2.05) is 38.3 Å². The summed E-state index contributed by atoms with van der Waals surface area (Å²) in [5, 5.41) is 6.82. The van der Waals surface area contributed by atoms with Gasteiger partial charge >= 0.3 is 5.69 Å². The van der Waals surface area contributed by atoms with Crippen LogP contribution in [0.3, 0.4) is 0 Å². The largest absolute Gasteiger partial charge is 0.338 e. The van der Waals surface area contributed by atoms with Crippen LogP contribution in [0.1, 0.15) is 44.8 Å². The molecule has 4 rings (SSSR count). The number of aromatic nitrogens is 6. The predicted octanol–water partition coefficient (Wildman–Crippen LogP) is 3.43. The smallest absolute Gasteiger partial charge is 0.332 e. The molecule has 4 heterocycles. The summed E-state index contributed by atoms with van der Waals surface area (Å²) in [4.78, 5) is 40.3. The molecule has 0 aromatic carbocycles. The van der Waals surface area contributed by atoms with Crippen LogP contribution in [0.2, 0.25) is 0 Å². The van der Waals surface area contributed by atoms with Crippen molar-refractivity contribution in [3.05, 3.63) is 50.1 Å². The molecule has 11 heteroatoms. The third-order valence-electron chi connectivity index (χ3n) is 4.67. The number of aryl methyl sites for hydroxylation is 1. The van der Waals surface area contributed by atoms with Crippen LogP contribution in [0, 0.1) is 0 Å². The van der Waals surface area contributed by atoms with Gasteiger partial charge in [0.25, 0.3) is 5.56 Å². The SMILES string of the molecule is CCCn1c(=O)n(C)c(=O)c2c(SCc3nc(-c4cccs4)no3)nc(C(C)C)nc21. The van der Waals surface area contributed by atoms with E-state index in [4.69, 9.17) is 4.52 Å². The van der Waals surface area contributed by atoms with Crippen LogP contribution in [0.15, 0.2) is 36.7 Å². The quantitative estimate of drug-likeness (QED) is 0.306. The monoisotopic (exact) mass is 458 g/mol. The zero-order chi connectivity index (χ0) is 22.1. The standard InChI is InChI=1S/C20H22N6O3S2/c1-5-8-26-17-14(19(27)25(4)20(26)28)18(23-15(22-17)11(2)3)31-10-13-21-16(24-29-13)12-7-6-9-30-12/h6-7,9,11H,5,8,10H2,1-4H3. The second-order valence-corrected chi connectivity index (χ2v) is 9.23. The molecule has 4 aromatic heterocycles. The van der Waals surface area contributed by atoms with Crippen LogP contribution in [0.5, 0.6) is 0 Å². The van der Waals surface area contributed by atoms with E-state index < -0.39 is 5.56 Å². The number of hydrogen-bond donors (Lipinski definition) is 0. The lowest BCUT2D eigenvalue weighted by Crippen LogP contribution is -2.39. The second-order valence-electron chi connectivity index (χ2n) is 7.32. The Morgan fingerprint density at radius 2 is 2.03 bits per heavy atom. The highest BCUT2D eigenvalue weighted by Gasteiger charge is 2.20. The first kappa shape index (κ1) is 21.4. The number of thioether (sulfide) groups is 1. The second kappa shape index (κ2) is 8.75. The van der Waals surface area contributed by atoms with E-state index >= 15 is 0 Å². The Balaban J connectivity index is 1.79. The van der Waals surface area contributed by atoms with Gasteiger partial charge in [-0.05, 0) is 17.9 Å². The van der Waals surface area contributed by atoms with E-state index in [0.29, 0.717) is 45.9 Å². The van der Waals surface area contributed by atoms with Crippen LogP contribution in [0.25, 0.3) is 21.7 Å². The summed E-state index contributed by atoms with van der Waals surface area (Å²) in [7, 11) is 1.48. The number of nitrogens with zero attached hydrogens (tertiary/aromatic N) is 6. The van der Waals surface area contributed by atoms with E-state index in [9.17, 15) is 9.59 Å². The van der Waals surface area contributed by atoms with Gasteiger partial charge in [-0.15, -0.1) is 11.3 Å². The van der Waals surface area contributed by atoms with Crippen molar-refractivity contribution in [2.75, 3.05) is 0 Å². The average Bonchev–Trinajstić information content (AvgIpc) is 3.44. The lowest BCUT2D eigenvalue weighted by Gasteiger charge is -2.14. The summed E-state index contributed by atoms with van der Waals surface area (Å²) in [5.41, 5.74) is -0.405. The van der Waals surface area contributed by atoms with E-state index in [2.05, 4.69) is 20.1 Å². The number of hydrogen-bond acceptors (Lipinski definition) is 9. The highest BCUT2D eigenvalue weighted by atomic mass is 32.2. The molecule has 31 heavy (non-hydrogen) atoms. The molecule has 0 atom stereocenters. The van der Waals surface area contributed by atoms with Crippen molar-refractivity contribution in [3.63, 3.8) is 0 Å². The van der Waals surface area contributed by atoms with Gasteiger partial charge in [-0.1, -0.05) is 43.8 Å². The molecular formula is C20H22N6O3S2. The maximum atomic E-state index is 13.0. The minimum Gasteiger partial charge on any atom is -0.338 e. The third-order valence-corrected chi connectivity index (χ3v) is 6.50. The number of fused-ring (bicyclic) bond motifs is 1. The first-order chi connectivity index (χ1) is 14.9. The lowest BCUT2D eigenvalue weighted by atomic mass is 10.2. The third kappa shape index (κ3) is 4.07. The van der Waals surface area contributed by atoms with Gasteiger partial charge in [0.05, 0.1) is 10.6 Å². The Kier molecular flexibility index (Phi) is 6.05. The summed E-state index contributed by atoms with van der Waals surface area (Å²) in [6.45, 7) is 6.40. The molecule has 0 saturated carbocycles. The summed E-state index contributed by atoms with van der Waals surface area (Å²) in [5.74, 6) is 1.93. The highest BCUT2D eigenvalue weighted by Crippen LogP contribution is 2.28. The van der Waals surface area contributed by atoms with E-state index in [1.54, 1.807) is 4.57 Å². The van der Waals surface area contributed by atoms with Crippen LogP contribution >= 0.6 is 23.1 Å². The van der Waals surface area contributed by atoms with Crippen molar-refractivity contribution in [2.45, 2.75) is 50.4 Å².